The van der Waals surface area contributed by atoms with Gasteiger partial charge in [0.1, 0.15) is 0 Å². The number of nitrogens with one attached hydrogen (secondary N) is 1. The summed E-state index contributed by atoms with van der Waals surface area (Å²) >= 11 is 23.5. The van der Waals surface area contributed by atoms with E-state index in [0.29, 0.717) is 5.56 Å². The lowest BCUT2D eigenvalue weighted by Crippen LogP contribution is -2.48. The number of rotatable bonds is 20. The summed E-state index contributed by atoms with van der Waals surface area (Å²) in [6.45, 7) is 0.109. The van der Waals surface area contributed by atoms with E-state index >= 15 is 0 Å². The molecule has 0 bridgehead atoms. The van der Waals surface area contributed by atoms with Gasteiger partial charge in [0.2, 0.25) is 5.91 Å². The van der Waals surface area contributed by atoms with Crippen molar-refractivity contribution in [2.24, 2.45) is 5.73 Å². The highest BCUT2D eigenvalue weighted by Crippen LogP contribution is 2.54. The Balaban J connectivity index is 2.92. The van der Waals surface area contributed by atoms with Gasteiger partial charge in [0.15, 0.2) is 15.9 Å². The third-order valence-corrected chi connectivity index (χ3v) is 10.3. The van der Waals surface area contributed by atoms with Gasteiger partial charge in [-0.1, -0.05) is 30.3 Å². The Hall–Kier alpha value is -0.660. The fourth-order valence-corrected chi connectivity index (χ4v) is 8.40. The maximum absolute atomic E-state index is 14.0. The molecular weight excluding hydrogens is 625 g/mol. The first-order valence-electron chi connectivity index (χ1n) is 11.5. The van der Waals surface area contributed by atoms with Crippen LogP contribution < -0.4 is 11.1 Å². The van der Waals surface area contributed by atoms with Gasteiger partial charge in [-0.2, -0.15) is 0 Å². The number of amides is 1. The summed E-state index contributed by atoms with van der Waals surface area (Å²) in [6.07, 6.45) is 0. The molecular formula is C21H33Cl4N4O7PS. The molecule has 0 radical (unpaired) electrons. The number of nitrogens with two attached hydrogens (primary N) is 1. The SMILES string of the molecule is NC(CS(=O)(=O)CCOP(=O)(N(CCCl)CCCl)N(CCCl)CCCl)C(=O)NC(C(=O)O)c1ccccc1. The van der Waals surface area contributed by atoms with E-state index in [-0.39, 0.29) is 49.7 Å². The summed E-state index contributed by atoms with van der Waals surface area (Å²) in [5.41, 5.74) is 6.08. The molecule has 0 aliphatic heterocycles. The van der Waals surface area contributed by atoms with Crippen molar-refractivity contribution in [1.82, 2.24) is 14.7 Å². The molecule has 0 aromatic heterocycles. The molecule has 2 unspecified atom stereocenters. The van der Waals surface area contributed by atoms with Crippen LogP contribution in [0.5, 0.6) is 0 Å². The van der Waals surface area contributed by atoms with Crippen molar-refractivity contribution in [3.8, 4) is 0 Å². The summed E-state index contributed by atoms with van der Waals surface area (Å²) < 4.78 is 47.9. The van der Waals surface area contributed by atoms with Gasteiger partial charge in [-0.15, -0.1) is 46.4 Å². The fourth-order valence-electron chi connectivity index (χ4n) is 3.36. The van der Waals surface area contributed by atoms with Crippen LogP contribution in [0.3, 0.4) is 0 Å². The molecule has 0 spiro atoms. The van der Waals surface area contributed by atoms with Crippen molar-refractivity contribution in [2.75, 3.05) is 67.8 Å². The minimum Gasteiger partial charge on any atom is -0.479 e. The molecule has 1 amide bonds. The number of hydrogen-bond acceptors (Lipinski definition) is 7. The van der Waals surface area contributed by atoms with Gasteiger partial charge in [0.05, 0.1) is 24.2 Å². The summed E-state index contributed by atoms with van der Waals surface area (Å²) in [5.74, 6) is -3.23. The predicted molar refractivity (Wildman–Crippen MR) is 151 cm³/mol. The predicted octanol–water partition coefficient (Wildman–Crippen LogP) is 2.35. The topological polar surface area (TPSA) is 159 Å². The molecule has 0 saturated carbocycles. The van der Waals surface area contributed by atoms with Crippen LogP contribution >= 0.6 is 54.1 Å². The van der Waals surface area contributed by atoms with Crippen LogP contribution in [0, 0.1) is 0 Å². The number of alkyl halides is 4. The normalized spacial score (nSPS) is 14.0. The van der Waals surface area contributed by atoms with Crippen molar-refractivity contribution in [1.29, 1.82) is 0 Å². The molecule has 0 aliphatic carbocycles. The summed E-state index contributed by atoms with van der Waals surface area (Å²) in [4.78, 5) is 24.1. The average molecular weight is 658 g/mol. The number of benzene rings is 1. The third-order valence-electron chi connectivity index (χ3n) is 5.18. The number of sulfone groups is 1. The van der Waals surface area contributed by atoms with Gasteiger partial charge < -0.3 is 20.7 Å². The highest BCUT2D eigenvalue weighted by atomic mass is 35.5. The Labute approximate surface area is 243 Å². The van der Waals surface area contributed by atoms with E-state index in [1.165, 1.54) is 21.5 Å². The number of carbonyl (C=O) groups is 2. The van der Waals surface area contributed by atoms with E-state index in [2.05, 4.69) is 5.32 Å². The van der Waals surface area contributed by atoms with Crippen LogP contribution in [-0.2, 0) is 28.5 Å². The average Bonchev–Trinajstić information content (AvgIpc) is 2.86. The Morgan fingerprint density at radius 1 is 0.974 bits per heavy atom. The molecule has 38 heavy (non-hydrogen) atoms. The van der Waals surface area contributed by atoms with E-state index in [4.69, 9.17) is 56.7 Å². The molecule has 0 heterocycles. The quantitative estimate of drug-likeness (QED) is 0.140. The number of carbonyl (C=O) groups excluding carboxylic acids is 1. The van der Waals surface area contributed by atoms with Gasteiger partial charge in [-0.25, -0.2) is 22.6 Å². The Bertz CT molecular complexity index is 994. The van der Waals surface area contributed by atoms with Crippen LogP contribution in [0.4, 0.5) is 0 Å². The number of hydrogen-bond donors (Lipinski definition) is 3. The second-order valence-electron chi connectivity index (χ2n) is 7.90. The lowest BCUT2D eigenvalue weighted by atomic mass is 10.1. The molecule has 17 heteroatoms. The molecule has 1 aromatic carbocycles. The standard InChI is InChI=1S/C21H33Cl4N4O7PS/c22-6-10-28(11-7-23)37(33,29(12-8-24)13-9-25)36-14-15-38(34,35)16-18(26)20(30)27-19(21(31)32)17-4-2-1-3-5-17/h1-5,18-19H,6-16,26H2,(H,27,30)(H,31,32). The van der Waals surface area contributed by atoms with Gasteiger partial charge >= 0.3 is 13.6 Å². The first-order valence-corrected chi connectivity index (χ1v) is 17.0. The molecule has 0 saturated heterocycles. The number of halogens is 4. The van der Waals surface area contributed by atoms with Gasteiger partial charge in [-0.3, -0.25) is 9.36 Å². The lowest BCUT2D eigenvalue weighted by Gasteiger charge is -2.37. The summed E-state index contributed by atoms with van der Waals surface area (Å²) in [7, 11) is -7.81. The zero-order valence-corrected chi connectivity index (χ0v) is 25.3. The first-order chi connectivity index (χ1) is 18.0. The van der Waals surface area contributed by atoms with E-state index in [1.54, 1.807) is 18.2 Å². The van der Waals surface area contributed by atoms with Crippen molar-refractivity contribution >= 4 is 75.8 Å². The van der Waals surface area contributed by atoms with Gasteiger partial charge in [-0.05, 0) is 5.56 Å². The van der Waals surface area contributed by atoms with E-state index < -0.39 is 59.6 Å². The van der Waals surface area contributed by atoms with Gasteiger partial charge in [0.25, 0.3) is 0 Å². The fraction of sp³-hybridized carbons (Fsp3) is 0.619. The molecule has 11 nitrogen and oxygen atoms in total. The Morgan fingerprint density at radius 2 is 1.45 bits per heavy atom. The highest BCUT2D eigenvalue weighted by molar-refractivity contribution is 7.91. The number of aliphatic carboxylic acids is 1. The minimum absolute atomic E-state index is 0.114. The molecule has 0 fully saturated rings. The van der Waals surface area contributed by atoms with E-state index in [9.17, 15) is 27.7 Å². The Morgan fingerprint density at radius 3 is 1.87 bits per heavy atom. The second-order valence-corrected chi connectivity index (χ2v) is 14.0. The summed E-state index contributed by atoms with van der Waals surface area (Å²) in [6, 6.07) is 4.94. The smallest absolute Gasteiger partial charge is 0.346 e. The second kappa shape index (κ2) is 17.9. The minimum atomic E-state index is -3.99. The van der Waals surface area contributed by atoms with Crippen molar-refractivity contribution in [3.63, 3.8) is 0 Å². The van der Waals surface area contributed by atoms with Crippen molar-refractivity contribution in [3.05, 3.63) is 35.9 Å². The highest BCUT2D eigenvalue weighted by Gasteiger charge is 2.38. The maximum Gasteiger partial charge on any atom is 0.346 e. The van der Waals surface area contributed by atoms with Crippen LogP contribution in [0.25, 0.3) is 0 Å². The largest absolute Gasteiger partial charge is 0.479 e. The molecule has 1 aromatic rings. The molecule has 0 aliphatic rings. The van der Waals surface area contributed by atoms with E-state index in [1.807, 2.05) is 0 Å². The third kappa shape index (κ3) is 11.4. The zero-order valence-electron chi connectivity index (χ0n) is 20.6. The molecule has 1 rings (SSSR count). The van der Waals surface area contributed by atoms with Crippen LogP contribution in [0.2, 0.25) is 0 Å². The maximum atomic E-state index is 14.0. The number of nitrogens with zero attached hydrogens (tertiary/aromatic N) is 2. The monoisotopic (exact) mass is 656 g/mol. The first kappa shape index (κ1) is 35.4. The van der Waals surface area contributed by atoms with Crippen LogP contribution in [0.15, 0.2) is 30.3 Å². The van der Waals surface area contributed by atoms with E-state index in [0.717, 1.165) is 0 Å². The molecule has 218 valence electrons. The van der Waals surface area contributed by atoms with Gasteiger partial charge in [0, 0.05) is 49.7 Å². The van der Waals surface area contributed by atoms with Crippen LogP contribution in [0.1, 0.15) is 11.6 Å². The number of carboxylic acids is 1. The van der Waals surface area contributed by atoms with Crippen LogP contribution in [-0.4, -0.2) is 109 Å². The molecule has 2 atom stereocenters. The summed E-state index contributed by atoms with van der Waals surface area (Å²) in [5, 5.41) is 11.7. The number of carboxylic acid groups (broad SMARTS) is 1. The molecule has 4 N–H and O–H groups in total. The van der Waals surface area contributed by atoms with Crippen molar-refractivity contribution in [2.45, 2.75) is 12.1 Å². The Kier molecular flexibility index (Phi) is 16.7. The van der Waals surface area contributed by atoms with Crippen molar-refractivity contribution < 1.29 is 32.2 Å². The lowest BCUT2D eigenvalue weighted by molar-refractivity contribution is -0.142. The zero-order chi connectivity index (χ0) is 28.8.